The summed E-state index contributed by atoms with van der Waals surface area (Å²) in [6.45, 7) is 0. The van der Waals surface area contributed by atoms with Crippen molar-refractivity contribution in [1.29, 1.82) is 0 Å². The van der Waals surface area contributed by atoms with Gasteiger partial charge in [0.05, 0.1) is 0 Å². The van der Waals surface area contributed by atoms with Crippen molar-refractivity contribution in [3.63, 3.8) is 0 Å². The van der Waals surface area contributed by atoms with Crippen molar-refractivity contribution < 1.29 is 0 Å². The smallest absolute Gasteiger partial charge is 0.0454 e. The van der Waals surface area contributed by atoms with E-state index >= 15 is 0 Å². The minimum absolute atomic E-state index is 0.775. The number of para-hydroxylation sites is 1. The van der Waals surface area contributed by atoms with Crippen LogP contribution in [0.2, 0.25) is 5.02 Å². The topological polar surface area (TPSA) is 12.0 Å². The first-order valence-corrected chi connectivity index (χ1v) is 5.59. The zero-order valence-corrected chi connectivity index (χ0v) is 9.88. The second-order valence-corrected chi connectivity index (χ2v) is 4.06. The molecule has 0 aliphatic heterocycles. The van der Waals surface area contributed by atoms with Gasteiger partial charge in [0.15, 0.2) is 0 Å². The van der Waals surface area contributed by atoms with Crippen molar-refractivity contribution in [3.8, 4) is 0 Å². The van der Waals surface area contributed by atoms with Crippen molar-refractivity contribution in [2.45, 2.75) is 6.42 Å². The molecule has 0 saturated carbocycles. The lowest BCUT2D eigenvalue weighted by Crippen LogP contribution is -1.96. The molecule has 0 fully saturated rings. The summed E-state index contributed by atoms with van der Waals surface area (Å²) in [6, 6.07) is 17.1. The van der Waals surface area contributed by atoms with E-state index in [0.717, 1.165) is 17.1 Å². The van der Waals surface area contributed by atoms with Gasteiger partial charge in [-0.2, -0.15) is 0 Å². The van der Waals surface area contributed by atoms with Gasteiger partial charge in [0.1, 0.15) is 0 Å². The Morgan fingerprint density at radius 3 is 2.62 bits per heavy atom. The molecule has 1 radical (unpaired) electrons. The molecule has 2 aromatic carbocycles. The van der Waals surface area contributed by atoms with E-state index in [1.807, 2.05) is 31.3 Å². The molecular formula is C14H13ClN. The molecule has 0 amide bonds. The third-order valence-electron chi connectivity index (χ3n) is 2.50. The van der Waals surface area contributed by atoms with Gasteiger partial charge in [-0.05, 0) is 29.7 Å². The quantitative estimate of drug-likeness (QED) is 0.847. The van der Waals surface area contributed by atoms with E-state index in [2.05, 4.69) is 29.6 Å². The zero-order chi connectivity index (χ0) is 11.4. The molecule has 0 unspecified atom stereocenters. The van der Waals surface area contributed by atoms with Gasteiger partial charge in [0.2, 0.25) is 0 Å². The molecule has 0 atom stereocenters. The minimum atomic E-state index is 0.775. The summed E-state index contributed by atoms with van der Waals surface area (Å²) in [7, 11) is 1.91. The van der Waals surface area contributed by atoms with Crippen molar-refractivity contribution in [3.05, 3.63) is 64.7 Å². The minimum Gasteiger partial charge on any atom is -0.387 e. The maximum absolute atomic E-state index is 5.85. The summed E-state index contributed by atoms with van der Waals surface area (Å²) < 4.78 is 0. The van der Waals surface area contributed by atoms with Crippen LogP contribution in [0.15, 0.2) is 42.5 Å². The van der Waals surface area contributed by atoms with Crippen molar-refractivity contribution in [2.75, 3.05) is 12.4 Å². The molecule has 1 nitrogen and oxygen atoms in total. The Morgan fingerprint density at radius 1 is 1.19 bits per heavy atom. The number of hydrogen-bond donors (Lipinski definition) is 1. The average Bonchev–Trinajstić information content (AvgIpc) is 2.33. The number of anilines is 1. The largest absolute Gasteiger partial charge is 0.387 e. The van der Waals surface area contributed by atoms with Crippen LogP contribution in [0.1, 0.15) is 11.1 Å². The maximum atomic E-state index is 5.85. The molecule has 0 saturated heterocycles. The highest BCUT2D eigenvalue weighted by molar-refractivity contribution is 6.30. The van der Waals surface area contributed by atoms with E-state index < -0.39 is 0 Å². The van der Waals surface area contributed by atoms with Crippen LogP contribution in [-0.4, -0.2) is 7.05 Å². The Hall–Kier alpha value is -1.47. The van der Waals surface area contributed by atoms with Crippen molar-refractivity contribution >= 4 is 17.3 Å². The Balaban J connectivity index is 2.23. The molecule has 81 valence electrons. The zero-order valence-electron chi connectivity index (χ0n) is 9.13. The van der Waals surface area contributed by atoms with Gasteiger partial charge in [0, 0.05) is 23.8 Å². The highest BCUT2D eigenvalue weighted by Gasteiger charge is 2.01. The summed E-state index contributed by atoms with van der Waals surface area (Å²) in [5, 5.41) is 3.92. The fourth-order valence-corrected chi connectivity index (χ4v) is 1.80. The SMILES string of the molecule is CNc1[c]cccc1Cc1ccc(Cl)cc1. The molecule has 0 aromatic heterocycles. The van der Waals surface area contributed by atoms with Crippen LogP contribution >= 0.6 is 11.6 Å². The van der Waals surface area contributed by atoms with E-state index in [1.165, 1.54) is 11.1 Å². The molecule has 2 heteroatoms. The number of nitrogens with one attached hydrogen (secondary N) is 1. The van der Waals surface area contributed by atoms with Crippen LogP contribution in [0, 0.1) is 6.07 Å². The Bertz CT molecular complexity index is 462. The third kappa shape index (κ3) is 2.56. The van der Waals surface area contributed by atoms with Crippen LogP contribution in [-0.2, 0) is 6.42 Å². The highest BCUT2D eigenvalue weighted by atomic mass is 35.5. The Labute approximate surface area is 101 Å². The average molecular weight is 231 g/mol. The van der Waals surface area contributed by atoms with E-state index in [4.69, 9.17) is 11.6 Å². The fraction of sp³-hybridized carbons (Fsp3) is 0.143. The number of halogens is 1. The maximum Gasteiger partial charge on any atom is 0.0454 e. The number of hydrogen-bond acceptors (Lipinski definition) is 1. The summed E-state index contributed by atoms with van der Waals surface area (Å²) in [5.74, 6) is 0. The van der Waals surface area contributed by atoms with Crippen molar-refractivity contribution in [1.82, 2.24) is 0 Å². The standard InChI is InChI=1S/C14H13ClN/c1-16-14-5-3-2-4-12(14)10-11-6-8-13(15)9-7-11/h2-4,6-9,16H,10H2,1H3. The lowest BCUT2D eigenvalue weighted by molar-refractivity contribution is 1.19. The van der Waals surface area contributed by atoms with Crippen LogP contribution in [0.25, 0.3) is 0 Å². The van der Waals surface area contributed by atoms with Crippen LogP contribution in [0.5, 0.6) is 0 Å². The summed E-state index contributed by atoms with van der Waals surface area (Å²) in [5.41, 5.74) is 3.55. The third-order valence-corrected chi connectivity index (χ3v) is 2.75. The molecule has 0 aliphatic rings. The molecule has 16 heavy (non-hydrogen) atoms. The van der Waals surface area contributed by atoms with E-state index in [1.54, 1.807) is 0 Å². The van der Waals surface area contributed by atoms with Gasteiger partial charge >= 0.3 is 0 Å². The van der Waals surface area contributed by atoms with E-state index in [-0.39, 0.29) is 0 Å². The van der Waals surface area contributed by atoms with E-state index in [9.17, 15) is 0 Å². The first-order valence-electron chi connectivity index (χ1n) is 5.21. The second-order valence-electron chi connectivity index (χ2n) is 3.62. The molecule has 0 heterocycles. The van der Waals surface area contributed by atoms with Gasteiger partial charge in [-0.1, -0.05) is 41.9 Å². The molecule has 0 spiro atoms. The molecule has 2 rings (SSSR count). The Kier molecular flexibility index (Phi) is 3.47. The van der Waals surface area contributed by atoms with Gasteiger partial charge in [-0.25, -0.2) is 0 Å². The normalized spacial score (nSPS) is 10.1. The summed E-state index contributed by atoms with van der Waals surface area (Å²) in [6.07, 6.45) is 0.894. The van der Waals surface area contributed by atoms with Crippen molar-refractivity contribution in [2.24, 2.45) is 0 Å². The summed E-state index contributed by atoms with van der Waals surface area (Å²) in [4.78, 5) is 0. The van der Waals surface area contributed by atoms with Crippen LogP contribution < -0.4 is 5.32 Å². The fourth-order valence-electron chi connectivity index (χ4n) is 1.67. The van der Waals surface area contributed by atoms with E-state index in [0.29, 0.717) is 0 Å². The van der Waals surface area contributed by atoms with Crippen LogP contribution in [0.4, 0.5) is 5.69 Å². The number of benzene rings is 2. The first kappa shape index (κ1) is 11.0. The highest BCUT2D eigenvalue weighted by Crippen LogP contribution is 2.19. The van der Waals surface area contributed by atoms with Gasteiger partial charge in [-0.3, -0.25) is 0 Å². The lowest BCUT2D eigenvalue weighted by atomic mass is 10.0. The predicted molar refractivity (Wildman–Crippen MR) is 69.1 cm³/mol. The molecule has 0 bridgehead atoms. The second kappa shape index (κ2) is 5.04. The first-order chi connectivity index (χ1) is 7.79. The lowest BCUT2D eigenvalue weighted by Gasteiger charge is -2.08. The monoisotopic (exact) mass is 230 g/mol. The summed E-state index contributed by atoms with van der Waals surface area (Å²) >= 11 is 5.85. The molecular weight excluding hydrogens is 218 g/mol. The molecule has 1 N–H and O–H groups in total. The predicted octanol–water partition coefficient (Wildman–Crippen LogP) is 3.77. The van der Waals surface area contributed by atoms with Crippen LogP contribution in [0.3, 0.4) is 0 Å². The number of rotatable bonds is 3. The Morgan fingerprint density at radius 2 is 1.94 bits per heavy atom. The van der Waals surface area contributed by atoms with Gasteiger partial charge < -0.3 is 5.32 Å². The van der Waals surface area contributed by atoms with Gasteiger partial charge in [0.25, 0.3) is 0 Å². The molecule has 2 aromatic rings. The van der Waals surface area contributed by atoms with Gasteiger partial charge in [-0.15, -0.1) is 0 Å². The molecule has 0 aliphatic carbocycles.